The molecule has 2 aromatic rings. The van der Waals surface area contributed by atoms with Gasteiger partial charge in [0, 0.05) is 30.1 Å². The molecule has 0 spiro atoms. The first-order valence-corrected chi connectivity index (χ1v) is 12.5. The lowest BCUT2D eigenvalue weighted by molar-refractivity contribution is -0.123. The molecule has 1 saturated heterocycles. The molecule has 35 heavy (non-hydrogen) atoms. The Morgan fingerprint density at radius 2 is 1.86 bits per heavy atom. The first-order valence-electron chi connectivity index (χ1n) is 12.5. The minimum atomic E-state index is -0.435. The predicted molar refractivity (Wildman–Crippen MR) is 139 cm³/mol. The third kappa shape index (κ3) is 5.55. The number of amides is 2. The van der Waals surface area contributed by atoms with Crippen molar-refractivity contribution in [2.45, 2.75) is 58.4 Å². The predicted octanol–water partition coefficient (Wildman–Crippen LogP) is 6.58. The Hall–Kier alpha value is -3.21. The van der Waals surface area contributed by atoms with Gasteiger partial charge in [-0.15, -0.1) is 0 Å². The van der Waals surface area contributed by atoms with E-state index in [-0.39, 0.29) is 35.4 Å². The van der Waals surface area contributed by atoms with Crippen molar-refractivity contribution in [1.29, 1.82) is 0 Å². The highest BCUT2D eigenvalue weighted by Gasteiger charge is 2.43. The van der Waals surface area contributed by atoms with Crippen LogP contribution in [0.15, 0.2) is 72.6 Å². The Morgan fingerprint density at radius 3 is 2.57 bits per heavy atom. The Kier molecular flexibility index (Phi) is 7.25. The molecule has 5 heteroatoms. The summed E-state index contributed by atoms with van der Waals surface area (Å²) in [5.41, 5.74) is 3.36. The summed E-state index contributed by atoms with van der Waals surface area (Å²) in [5, 5.41) is 3.11. The summed E-state index contributed by atoms with van der Waals surface area (Å²) in [6.45, 7) is 8.88. The van der Waals surface area contributed by atoms with E-state index in [0.717, 1.165) is 23.2 Å². The van der Waals surface area contributed by atoms with E-state index in [1.807, 2.05) is 60.4 Å². The largest absolute Gasteiger partial charge is 0.334 e. The zero-order valence-corrected chi connectivity index (χ0v) is 21.1. The topological polar surface area (TPSA) is 49.4 Å². The standard InChI is InChI=1S/C30H35FN2O2/c1-20-10-5-6-15-25(20)29(35)33-17-9-16-26(27(33)21-11-7-13-23(31)18-21)28(34)32-24-14-8-12-22(19-24)30(2,3)4/h5-8,10-15,19,21,26-27H,9,16-18H2,1-4H3,(H,32,34)/t21-,26?,27?/m1/s1. The Morgan fingerprint density at radius 1 is 1.09 bits per heavy atom. The number of halogens is 1. The van der Waals surface area contributed by atoms with Gasteiger partial charge in [-0.3, -0.25) is 9.59 Å². The Bertz CT molecular complexity index is 1160. The van der Waals surface area contributed by atoms with Crippen LogP contribution >= 0.6 is 0 Å². The molecule has 0 radical (unpaired) electrons. The number of hydrogen-bond acceptors (Lipinski definition) is 2. The average molecular weight is 475 g/mol. The van der Waals surface area contributed by atoms with Crippen LogP contribution in [0.5, 0.6) is 0 Å². The van der Waals surface area contributed by atoms with Crippen LogP contribution in [-0.4, -0.2) is 29.3 Å². The lowest BCUT2D eigenvalue weighted by Crippen LogP contribution is -2.55. The third-order valence-electron chi connectivity index (χ3n) is 7.16. The number of benzene rings is 2. The maximum atomic E-state index is 14.3. The van der Waals surface area contributed by atoms with E-state index in [9.17, 15) is 14.0 Å². The highest BCUT2D eigenvalue weighted by Crippen LogP contribution is 2.37. The SMILES string of the molecule is Cc1ccccc1C(=O)N1CCCC(C(=O)Nc2cccc(C(C)(C)C)c2)C1[C@@H]1C=CC=C(F)C1. The van der Waals surface area contributed by atoms with Gasteiger partial charge in [0.1, 0.15) is 5.83 Å². The quantitative estimate of drug-likeness (QED) is 0.544. The number of nitrogens with zero attached hydrogens (tertiary/aromatic N) is 1. The maximum absolute atomic E-state index is 14.3. The molecule has 2 amide bonds. The fourth-order valence-corrected chi connectivity index (χ4v) is 5.24. The molecular formula is C30H35FN2O2. The van der Waals surface area contributed by atoms with Crippen molar-refractivity contribution in [1.82, 2.24) is 4.90 Å². The van der Waals surface area contributed by atoms with Crippen LogP contribution in [0.1, 0.15) is 61.5 Å². The number of allylic oxidation sites excluding steroid dienone is 3. The van der Waals surface area contributed by atoms with Gasteiger partial charge in [-0.25, -0.2) is 4.39 Å². The van der Waals surface area contributed by atoms with Crippen molar-refractivity contribution in [3.8, 4) is 0 Å². The van der Waals surface area contributed by atoms with E-state index in [0.29, 0.717) is 18.5 Å². The van der Waals surface area contributed by atoms with Crippen molar-refractivity contribution >= 4 is 17.5 Å². The number of nitrogens with one attached hydrogen (secondary N) is 1. The van der Waals surface area contributed by atoms with Crippen LogP contribution < -0.4 is 5.32 Å². The van der Waals surface area contributed by atoms with Gasteiger partial charge in [0.2, 0.25) is 5.91 Å². The van der Waals surface area contributed by atoms with Crippen LogP contribution in [0.25, 0.3) is 0 Å². The van der Waals surface area contributed by atoms with E-state index in [1.165, 1.54) is 6.08 Å². The molecule has 1 fully saturated rings. The van der Waals surface area contributed by atoms with Gasteiger partial charge in [0.15, 0.2) is 0 Å². The van der Waals surface area contributed by atoms with Crippen LogP contribution in [0.3, 0.4) is 0 Å². The van der Waals surface area contributed by atoms with E-state index >= 15 is 0 Å². The molecule has 0 aromatic heterocycles. The average Bonchev–Trinajstić information content (AvgIpc) is 2.83. The van der Waals surface area contributed by atoms with Crippen molar-refractivity contribution < 1.29 is 14.0 Å². The van der Waals surface area contributed by atoms with Crippen LogP contribution in [0.4, 0.5) is 10.1 Å². The molecule has 2 unspecified atom stereocenters. The summed E-state index contributed by atoms with van der Waals surface area (Å²) in [4.78, 5) is 29.2. The van der Waals surface area contributed by atoms with Crippen molar-refractivity contribution in [3.05, 3.63) is 89.3 Å². The second-order valence-corrected chi connectivity index (χ2v) is 10.7. The summed E-state index contributed by atoms with van der Waals surface area (Å²) in [5.74, 6) is -1.13. The van der Waals surface area contributed by atoms with E-state index < -0.39 is 12.0 Å². The van der Waals surface area contributed by atoms with Gasteiger partial charge >= 0.3 is 0 Å². The second-order valence-electron chi connectivity index (χ2n) is 10.7. The zero-order valence-electron chi connectivity index (χ0n) is 21.1. The molecule has 1 N–H and O–H groups in total. The van der Waals surface area contributed by atoms with Crippen LogP contribution in [-0.2, 0) is 10.2 Å². The minimum absolute atomic E-state index is 0.0401. The van der Waals surface area contributed by atoms with Gasteiger partial charge in [-0.05, 0) is 60.6 Å². The van der Waals surface area contributed by atoms with Crippen molar-refractivity contribution in [3.63, 3.8) is 0 Å². The van der Waals surface area contributed by atoms with Gasteiger partial charge in [0.25, 0.3) is 5.91 Å². The summed E-state index contributed by atoms with van der Waals surface area (Å²) >= 11 is 0. The smallest absolute Gasteiger partial charge is 0.254 e. The van der Waals surface area contributed by atoms with Gasteiger partial charge in [-0.1, -0.05) is 63.3 Å². The summed E-state index contributed by atoms with van der Waals surface area (Å²) in [7, 11) is 0. The normalized spacial score (nSPS) is 22.5. The Labute approximate surface area is 207 Å². The summed E-state index contributed by atoms with van der Waals surface area (Å²) in [6.07, 6.45) is 6.68. The fourth-order valence-electron chi connectivity index (χ4n) is 5.24. The number of likely N-dealkylation sites (tertiary alicyclic amines) is 1. The van der Waals surface area contributed by atoms with E-state index in [1.54, 1.807) is 6.08 Å². The molecule has 4 rings (SSSR count). The first-order chi connectivity index (χ1) is 16.6. The number of hydrogen-bond donors (Lipinski definition) is 1. The molecule has 2 aliphatic rings. The van der Waals surface area contributed by atoms with E-state index in [4.69, 9.17) is 0 Å². The number of aryl methyl sites for hydroxylation is 1. The molecule has 0 saturated carbocycles. The molecule has 1 heterocycles. The van der Waals surface area contributed by atoms with E-state index in [2.05, 4.69) is 32.2 Å². The number of piperidine rings is 1. The van der Waals surface area contributed by atoms with Crippen molar-refractivity contribution in [2.75, 3.05) is 11.9 Å². The van der Waals surface area contributed by atoms with Gasteiger partial charge in [-0.2, -0.15) is 0 Å². The number of carbonyl (C=O) groups is 2. The second kappa shape index (κ2) is 10.2. The number of rotatable bonds is 4. The molecule has 2 aromatic carbocycles. The molecule has 1 aliphatic carbocycles. The molecule has 184 valence electrons. The van der Waals surface area contributed by atoms with Gasteiger partial charge in [0.05, 0.1) is 12.0 Å². The van der Waals surface area contributed by atoms with Crippen molar-refractivity contribution in [2.24, 2.45) is 11.8 Å². The maximum Gasteiger partial charge on any atom is 0.254 e. The van der Waals surface area contributed by atoms with Crippen LogP contribution in [0.2, 0.25) is 0 Å². The highest BCUT2D eigenvalue weighted by atomic mass is 19.1. The lowest BCUT2D eigenvalue weighted by Gasteiger charge is -2.44. The zero-order chi connectivity index (χ0) is 25.2. The number of anilines is 1. The number of carbonyl (C=O) groups excluding carboxylic acids is 2. The molecule has 3 atom stereocenters. The monoisotopic (exact) mass is 474 g/mol. The molecule has 4 nitrogen and oxygen atoms in total. The Balaban J connectivity index is 1.65. The molecular weight excluding hydrogens is 439 g/mol. The molecule has 1 aliphatic heterocycles. The summed E-state index contributed by atoms with van der Waals surface area (Å²) < 4.78 is 14.3. The third-order valence-corrected chi connectivity index (χ3v) is 7.16. The van der Waals surface area contributed by atoms with Crippen LogP contribution in [0, 0.1) is 18.8 Å². The molecule has 0 bridgehead atoms. The summed E-state index contributed by atoms with van der Waals surface area (Å²) in [6, 6.07) is 15.0. The fraction of sp³-hybridized carbons (Fsp3) is 0.400. The lowest BCUT2D eigenvalue weighted by atomic mass is 9.77. The first kappa shape index (κ1) is 24.9. The van der Waals surface area contributed by atoms with Gasteiger partial charge < -0.3 is 10.2 Å². The highest BCUT2D eigenvalue weighted by molar-refractivity contribution is 5.98. The minimum Gasteiger partial charge on any atom is -0.334 e.